The fourth-order valence-corrected chi connectivity index (χ4v) is 6.70. The van der Waals surface area contributed by atoms with E-state index in [0.717, 1.165) is 18.5 Å². The van der Waals surface area contributed by atoms with E-state index in [1.54, 1.807) is 0 Å². The molecule has 2 aliphatic rings. The number of phosphoric acid groups is 2. The van der Waals surface area contributed by atoms with Crippen LogP contribution in [0.2, 0.25) is 0 Å². The molecule has 2 heterocycles. The molecule has 0 saturated carbocycles. The van der Waals surface area contributed by atoms with Crippen LogP contribution in [-0.2, 0) is 31.6 Å². The summed E-state index contributed by atoms with van der Waals surface area (Å²) in [6.45, 7) is 10.1. The standard InChI is InChI=1S/C15H28NO10P3/c1-11-8-6-7-9-16(11)14-15(3,4)12(2)13(24-14)10-23-28(19,20)26-29(21,22)25-27(5,17)18/h7,9,12-14H,1,6,8,10H2,2-5H3,(H,17,18)(H,19,20)(H,21,22). The number of hydrogen-bond acceptors (Lipinski definition) is 8. The number of rotatable bonds is 8. The molecular weight excluding hydrogens is 447 g/mol. The summed E-state index contributed by atoms with van der Waals surface area (Å²) in [7, 11) is -14.8. The van der Waals surface area contributed by atoms with Crippen LogP contribution in [0, 0.1) is 11.3 Å². The van der Waals surface area contributed by atoms with Gasteiger partial charge in [-0.15, -0.1) is 0 Å². The lowest BCUT2D eigenvalue weighted by molar-refractivity contribution is -0.0666. The van der Waals surface area contributed by atoms with Crippen molar-refractivity contribution in [1.82, 2.24) is 4.90 Å². The Morgan fingerprint density at radius 1 is 1.24 bits per heavy atom. The highest BCUT2D eigenvalue weighted by Gasteiger charge is 2.51. The van der Waals surface area contributed by atoms with E-state index < -0.39 is 36.0 Å². The van der Waals surface area contributed by atoms with Crippen molar-refractivity contribution in [3.8, 4) is 0 Å². The molecule has 2 rings (SSSR count). The molecule has 3 N–H and O–H groups in total. The first-order valence-corrected chi connectivity index (χ1v) is 13.9. The molecule has 168 valence electrons. The third-order valence-electron chi connectivity index (χ3n) is 5.02. The van der Waals surface area contributed by atoms with Gasteiger partial charge in [0.15, 0.2) is 0 Å². The highest BCUT2D eigenvalue weighted by molar-refractivity contribution is 7.68. The van der Waals surface area contributed by atoms with Gasteiger partial charge in [0.25, 0.3) is 0 Å². The highest BCUT2D eigenvalue weighted by atomic mass is 31.3. The van der Waals surface area contributed by atoms with E-state index in [-0.39, 0.29) is 17.6 Å². The zero-order chi connectivity index (χ0) is 22.3. The lowest BCUT2D eigenvalue weighted by Gasteiger charge is -2.39. The quantitative estimate of drug-likeness (QED) is 0.442. The normalized spacial score (nSPS) is 33.1. The van der Waals surface area contributed by atoms with Crippen molar-refractivity contribution in [2.75, 3.05) is 13.3 Å². The first-order chi connectivity index (χ1) is 13.0. The topological polar surface area (TPSA) is 152 Å². The van der Waals surface area contributed by atoms with Gasteiger partial charge < -0.3 is 24.3 Å². The first kappa shape index (κ1) is 25.0. The van der Waals surface area contributed by atoms with Gasteiger partial charge in [0.05, 0.1) is 12.7 Å². The Labute approximate surface area is 170 Å². The monoisotopic (exact) mass is 475 g/mol. The van der Waals surface area contributed by atoms with E-state index in [4.69, 9.17) is 14.2 Å². The fourth-order valence-electron chi connectivity index (χ4n) is 3.21. The van der Waals surface area contributed by atoms with Crippen molar-refractivity contribution < 1.29 is 46.3 Å². The van der Waals surface area contributed by atoms with Gasteiger partial charge in [0.2, 0.25) is 0 Å². The van der Waals surface area contributed by atoms with Crippen molar-refractivity contribution in [3.05, 3.63) is 24.6 Å². The molecule has 11 nitrogen and oxygen atoms in total. The Balaban J connectivity index is 2.04. The molecule has 2 aliphatic heterocycles. The smallest absolute Gasteiger partial charge is 0.352 e. The summed E-state index contributed by atoms with van der Waals surface area (Å²) in [6, 6.07) is 0. The first-order valence-electron chi connectivity index (χ1n) is 8.85. The van der Waals surface area contributed by atoms with Gasteiger partial charge in [0.1, 0.15) is 6.23 Å². The second-order valence-electron chi connectivity index (χ2n) is 7.73. The second kappa shape index (κ2) is 8.67. The molecule has 0 amide bonds. The number of nitrogens with zero attached hydrogens (tertiary/aromatic N) is 1. The van der Waals surface area contributed by atoms with Gasteiger partial charge >= 0.3 is 23.2 Å². The summed E-state index contributed by atoms with van der Waals surface area (Å²) >= 11 is 0. The van der Waals surface area contributed by atoms with Crippen LogP contribution in [0.25, 0.3) is 0 Å². The number of phosphoric ester groups is 1. The summed E-state index contributed by atoms with van der Waals surface area (Å²) in [5.74, 6) is -0.124. The van der Waals surface area contributed by atoms with Gasteiger partial charge in [-0.3, -0.25) is 9.09 Å². The van der Waals surface area contributed by atoms with Gasteiger partial charge in [-0.2, -0.15) is 4.31 Å². The van der Waals surface area contributed by atoms with Crippen molar-refractivity contribution in [2.24, 2.45) is 11.3 Å². The van der Waals surface area contributed by atoms with Crippen molar-refractivity contribution in [1.29, 1.82) is 0 Å². The molecule has 0 aliphatic carbocycles. The minimum Gasteiger partial charge on any atom is -0.352 e. The van der Waals surface area contributed by atoms with Crippen LogP contribution >= 0.6 is 23.2 Å². The summed E-state index contributed by atoms with van der Waals surface area (Å²) < 4.78 is 53.6. The summed E-state index contributed by atoms with van der Waals surface area (Å²) in [5, 5.41) is 0. The van der Waals surface area contributed by atoms with E-state index in [1.807, 2.05) is 37.9 Å². The predicted molar refractivity (Wildman–Crippen MR) is 104 cm³/mol. The van der Waals surface area contributed by atoms with E-state index in [9.17, 15) is 23.5 Å². The van der Waals surface area contributed by atoms with Crippen LogP contribution in [0.5, 0.6) is 0 Å². The molecule has 0 aromatic rings. The van der Waals surface area contributed by atoms with Crippen molar-refractivity contribution >= 4 is 23.2 Å². The minimum atomic E-state index is -5.30. The maximum Gasteiger partial charge on any atom is 0.488 e. The Bertz CT molecular complexity index is 806. The Morgan fingerprint density at radius 3 is 2.41 bits per heavy atom. The number of ether oxygens (including phenoxy) is 1. The molecule has 14 heteroatoms. The Kier molecular flexibility index (Phi) is 7.46. The van der Waals surface area contributed by atoms with Crippen molar-refractivity contribution in [2.45, 2.75) is 45.9 Å². The van der Waals surface area contributed by atoms with Crippen LogP contribution in [0.4, 0.5) is 0 Å². The maximum atomic E-state index is 12.0. The molecule has 29 heavy (non-hydrogen) atoms. The molecule has 0 radical (unpaired) electrons. The lowest BCUT2D eigenvalue weighted by Crippen LogP contribution is -2.41. The van der Waals surface area contributed by atoms with E-state index >= 15 is 0 Å². The van der Waals surface area contributed by atoms with Crippen LogP contribution in [-0.4, -0.2) is 45.2 Å². The zero-order valence-corrected chi connectivity index (χ0v) is 19.4. The molecule has 0 aromatic heterocycles. The fraction of sp³-hybridized carbons (Fsp3) is 0.733. The molecular formula is C15H28NO10P3. The summed E-state index contributed by atoms with van der Waals surface area (Å²) in [5.41, 5.74) is 0.516. The third-order valence-corrected chi connectivity index (χ3v) is 9.18. The molecule has 0 bridgehead atoms. The zero-order valence-electron chi connectivity index (χ0n) is 16.7. The Morgan fingerprint density at radius 2 is 1.86 bits per heavy atom. The SMILES string of the molecule is C=C1CCC=CN1C1OC(COP(=O)(O)OP(=O)(O)OP(C)(=O)O)C(C)C1(C)C. The molecule has 0 aromatic carbocycles. The Hall–Kier alpha value is -0.310. The van der Waals surface area contributed by atoms with Gasteiger partial charge in [0, 0.05) is 24.0 Å². The van der Waals surface area contributed by atoms with Crippen LogP contribution in [0.3, 0.4) is 0 Å². The van der Waals surface area contributed by atoms with Crippen LogP contribution < -0.4 is 0 Å². The van der Waals surface area contributed by atoms with Crippen molar-refractivity contribution in [3.63, 3.8) is 0 Å². The average Bonchev–Trinajstić information content (AvgIpc) is 2.73. The van der Waals surface area contributed by atoms with E-state index in [0.29, 0.717) is 6.66 Å². The lowest BCUT2D eigenvalue weighted by atomic mass is 9.77. The molecule has 0 spiro atoms. The number of hydrogen-bond donors (Lipinski definition) is 3. The van der Waals surface area contributed by atoms with Crippen LogP contribution in [0.15, 0.2) is 24.6 Å². The van der Waals surface area contributed by atoms with E-state index in [2.05, 4.69) is 15.2 Å². The highest BCUT2D eigenvalue weighted by Crippen LogP contribution is 2.66. The number of allylic oxidation sites excluding steroid dienone is 2. The van der Waals surface area contributed by atoms with Gasteiger partial charge in [-0.1, -0.05) is 33.4 Å². The molecule has 6 atom stereocenters. The van der Waals surface area contributed by atoms with Gasteiger partial charge in [-0.25, -0.2) is 13.4 Å². The minimum absolute atomic E-state index is 0.124. The van der Waals surface area contributed by atoms with Gasteiger partial charge in [-0.05, 0) is 18.8 Å². The maximum absolute atomic E-state index is 12.0. The molecule has 1 fully saturated rings. The third kappa shape index (κ3) is 6.58. The largest absolute Gasteiger partial charge is 0.488 e. The predicted octanol–water partition coefficient (Wildman–Crippen LogP) is 3.56. The summed E-state index contributed by atoms with van der Waals surface area (Å²) in [4.78, 5) is 30.0. The van der Waals surface area contributed by atoms with E-state index in [1.165, 1.54) is 0 Å². The summed E-state index contributed by atoms with van der Waals surface area (Å²) in [6.07, 6.45) is 4.56. The average molecular weight is 475 g/mol. The second-order valence-corrected chi connectivity index (χ2v) is 12.8. The molecule has 6 unspecified atom stereocenters. The van der Waals surface area contributed by atoms with Crippen LogP contribution in [0.1, 0.15) is 33.6 Å². The molecule has 1 saturated heterocycles.